The van der Waals surface area contributed by atoms with Gasteiger partial charge in [0, 0.05) is 49.5 Å². The monoisotopic (exact) mass is 489 g/mol. The number of amides is 2. The maximum absolute atomic E-state index is 13.0. The Kier molecular flexibility index (Phi) is 8.65. The number of sulfonamides is 1. The molecule has 0 aliphatic carbocycles. The van der Waals surface area contributed by atoms with Crippen molar-refractivity contribution in [2.24, 2.45) is 0 Å². The Morgan fingerprint density at radius 3 is 2.35 bits per heavy atom. The summed E-state index contributed by atoms with van der Waals surface area (Å²) in [5.41, 5.74) is 1.84. The van der Waals surface area contributed by atoms with Gasteiger partial charge in [-0.05, 0) is 62.2 Å². The van der Waals surface area contributed by atoms with Crippen molar-refractivity contribution >= 4 is 27.5 Å². The van der Waals surface area contributed by atoms with Gasteiger partial charge in [-0.3, -0.25) is 9.59 Å². The number of hydrogen-bond donors (Lipinski definition) is 2. The Hall–Kier alpha value is -2.95. The number of carbonyl (C=O) groups is 2. The summed E-state index contributed by atoms with van der Waals surface area (Å²) in [7, 11) is -2.08. The molecule has 2 aromatic carbocycles. The Morgan fingerprint density at radius 2 is 1.76 bits per heavy atom. The minimum atomic E-state index is -3.65. The van der Waals surface area contributed by atoms with E-state index < -0.39 is 10.0 Å². The standard InChI is InChI=1S/C24H31N3O6S/c1-4-33-16-19-15-18(5-10-23(19)32-3)24(29)26-21-11-13-27(14-12-21)34(30,31)22-8-6-20(7-9-22)25-17(2)28/h5-10,15,21H,4,11-14,16H2,1-3H3,(H,25,28)(H,26,29). The number of methoxy groups -OCH3 is 1. The molecule has 34 heavy (non-hydrogen) atoms. The molecule has 2 N–H and O–H groups in total. The van der Waals surface area contributed by atoms with Crippen LogP contribution in [0.1, 0.15) is 42.6 Å². The fourth-order valence-electron chi connectivity index (χ4n) is 3.82. The van der Waals surface area contributed by atoms with Crippen molar-refractivity contribution in [2.45, 2.75) is 44.2 Å². The molecule has 0 spiro atoms. The molecular weight excluding hydrogens is 458 g/mol. The smallest absolute Gasteiger partial charge is 0.251 e. The predicted molar refractivity (Wildman–Crippen MR) is 128 cm³/mol. The first-order valence-corrected chi connectivity index (χ1v) is 12.6. The normalized spacial score (nSPS) is 15.0. The number of anilines is 1. The largest absolute Gasteiger partial charge is 0.496 e. The van der Waals surface area contributed by atoms with Crippen molar-refractivity contribution in [3.63, 3.8) is 0 Å². The molecule has 1 heterocycles. The molecule has 0 aromatic heterocycles. The summed E-state index contributed by atoms with van der Waals surface area (Å²) in [4.78, 5) is 24.1. The lowest BCUT2D eigenvalue weighted by Crippen LogP contribution is -2.46. The van der Waals surface area contributed by atoms with Crippen LogP contribution in [0, 0.1) is 0 Å². The van der Waals surface area contributed by atoms with Gasteiger partial charge in [-0.2, -0.15) is 4.31 Å². The van der Waals surface area contributed by atoms with Crippen molar-refractivity contribution in [1.29, 1.82) is 0 Å². The van der Waals surface area contributed by atoms with E-state index in [0.717, 1.165) is 5.56 Å². The molecule has 3 rings (SSSR count). The molecule has 0 atom stereocenters. The first-order valence-electron chi connectivity index (χ1n) is 11.2. The Labute approximate surface area is 200 Å². The fraction of sp³-hybridized carbons (Fsp3) is 0.417. The average molecular weight is 490 g/mol. The lowest BCUT2D eigenvalue weighted by atomic mass is 10.0. The van der Waals surface area contributed by atoms with Crippen LogP contribution in [-0.2, 0) is 26.2 Å². The highest BCUT2D eigenvalue weighted by Gasteiger charge is 2.30. The topological polar surface area (TPSA) is 114 Å². The van der Waals surface area contributed by atoms with E-state index in [1.54, 1.807) is 37.4 Å². The van der Waals surface area contributed by atoms with Gasteiger partial charge < -0.3 is 20.1 Å². The zero-order valence-corrected chi connectivity index (χ0v) is 20.5. The van der Waals surface area contributed by atoms with Gasteiger partial charge in [0.25, 0.3) is 5.91 Å². The van der Waals surface area contributed by atoms with Gasteiger partial charge in [0.05, 0.1) is 18.6 Å². The summed E-state index contributed by atoms with van der Waals surface area (Å²) in [5, 5.41) is 5.63. The number of ether oxygens (including phenoxy) is 2. The molecule has 1 fully saturated rings. The minimum Gasteiger partial charge on any atom is -0.496 e. The van der Waals surface area contributed by atoms with Gasteiger partial charge in [-0.1, -0.05) is 0 Å². The van der Waals surface area contributed by atoms with Gasteiger partial charge in [-0.25, -0.2) is 8.42 Å². The second-order valence-corrected chi connectivity index (χ2v) is 9.96. The summed E-state index contributed by atoms with van der Waals surface area (Å²) in [6, 6.07) is 11.2. The summed E-state index contributed by atoms with van der Waals surface area (Å²) in [6.07, 6.45) is 1.02. The maximum Gasteiger partial charge on any atom is 0.251 e. The lowest BCUT2D eigenvalue weighted by molar-refractivity contribution is -0.114. The zero-order chi connectivity index (χ0) is 24.7. The van der Waals surface area contributed by atoms with Crippen LogP contribution in [0.2, 0.25) is 0 Å². The van der Waals surface area contributed by atoms with Gasteiger partial charge in [0.15, 0.2) is 0 Å². The molecule has 1 aliphatic rings. The second kappa shape index (κ2) is 11.5. The number of nitrogens with zero attached hydrogens (tertiary/aromatic N) is 1. The number of benzene rings is 2. The first-order chi connectivity index (χ1) is 16.2. The zero-order valence-electron chi connectivity index (χ0n) is 19.7. The van der Waals surface area contributed by atoms with Crippen LogP contribution in [0.25, 0.3) is 0 Å². The van der Waals surface area contributed by atoms with Crippen LogP contribution in [0.4, 0.5) is 5.69 Å². The van der Waals surface area contributed by atoms with Crippen molar-refractivity contribution in [3.8, 4) is 5.75 Å². The third-order valence-electron chi connectivity index (χ3n) is 5.61. The van der Waals surface area contributed by atoms with Crippen LogP contribution >= 0.6 is 0 Å². The second-order valence-electron chi connectivity index (χ2n) is 8.02. The van der Waals surface area contributed by atoms with E-state index in [1.165, 1.54) is 23.4 Å². The SMILES string of the molecule is CCOCc1cc(C(=O)NC2CCN(S(=O)(=O)c3ccc(NC(C)=O)cc3)CC2)ccc1OC. The predicted octanol–water partition coefficient (Wildman–Crippen LogP) is 2.77. The molecule has 0 bridgehead atoms. The van der Waals surface area contributed by atoms with Crippen LogP contribution in [0.15, 0.2) is 47.4 Å². The summed E-state index contributed by atoms with van der Waals surface area (Å²) < 4.78 is 38.2. The molecule has 0 unspecified atom stereocenters. The maximum atomic E-state index is 13.0. The molecule has 0 saturated carbocycles. The molecular formula is C24H31N3O6S. The first kappa shape index (κ1) is 25.7. The van der Waals surface area contributed by atoms with Crippen LogP contribution in [0.3, 0.4) is 0 Å². The average Bonchev–Trinajstić information content (AvgIpc) is 2.82. The van der Waals surface area contributed by atoms with Crippen molar-refractivity contribution < 1.29 is 27.5 Å². The summed E-state index contributed by atoms with van der Waals surface area (Å²) in [6.45, 7) is 4.81. The quantitative estimate of drug-likeness (QED) is 0.560. The van der Waals surface area contributed by atoms with E-state index in [2.05, 4.69) is 10.6 Å². The summed E-state index contributed by atoms with van der Waals surface area (Å²) >= 11 is 0. The Bertz CT molecular complexity index is 1110. The van der Waals surface area contributed by atoms with E-state index in [9.17, 15) is 18.0 Å². The van der Waals surface area contributed by atoms with Gasteiger partial charge in [0.1, 0.15) is 5.75 Å². The van der Waals surface area contributed by atoms with Gasteiger partial charge >= 0.3 is 0 Å². The third kappa shape index (κ3) is 6.34. The van der Waals surface area contributed by atoms with E-state index >= 15 is 0 Å². The summed E-state index contributed by atoms with van der Waals surface area (Å²) in [5.74, 6) is 0.226. The van der Waals surface area contributed by atoms with Gasteiger partial charge in [-0.15, -0.1) is 0 Å². The molecule has 2 aromatic rings. The number of rotatable bonds is 9. The molecule has 1 saturated heterocycles. The molecule has 184 valence electrons. The van der Waals surface area contributed by atoms with E-state index in [0.29, 0.717) is 56.1 Å². The molecule has 9 nitrogen and oxygen atoms in total. The highest BCUT2D eigenvalue weighted by atomic mass is 32.2. The minimum absolute atomic E-state index is 0.126. The highest BCUT2D eigenvalue weighted by Crippen LogP contribution is 2.24. The van der Waals surface area contributed by atoms with Crippen molar-refractivity contribution in [3.05, 3.63) is 53.6 Å². The molecule has 0 radical (unpaired) electrons. The van der Waals surface area contributed by atoms with Crippen LogP contribution in [0.5, 0.6) is 5.75 Å². The Balaban J connectivity index is 1.59. The third-order valence-corrected chi connectivity index (χ3v) is 7.52. The van der Waals surface area contributed by atoms with E-state index in [4.69, 9.17) is 9.47 Å². The van der Waals surface area contributed by atoms with E-state index in [-0.39, 0.29) is 22.8 Å². The van der Waals surface area contributed by atoms with Crippen molar-refractivity contribution in [1.82, 2.24) is 9.62 Å². The highest BCUT2D eigenvalue weighted by molar-refractivity contribution is 7.89. The molecule has 2 amide bonds. The van der Waals surface area contributed by atoms with E-state index in [1.807, 2.05) is 6.92 Å². The van der Waals surface area contributed by atoms with Gasteiger partial charge in [0.2, 0.25) is 15.9 Å². The Morgan fingerprint density at radius 1 is 1.09 bits per heavy atom. The molecule has 1 aliphatic heterocycles. The van der Waals surface area contributed by atoms with Crippen LogP contribution in [-0.4, -0.2) is 57.4 Å². The van der Waals surface area contributed by atoms with Crippen molar-refractivity contribution in [2.75, 3.05) is 32.1 Å². The van der Waals surface area contributed by atoms with Crippen LogP contribution < -0.4 is 15.4 Å². The fourth-order valence-corrected chi connectivity index (χ4v) is 5.29. The number of hydrogen-bond acceptors (Lipinski definition) is 6. The molecule has 10 heteroatoms. The lowest BCUT2D eigenvalue weighted by Gasteiger charge is -2.31. The number of carbonyl (C=O) groups excluding carboxylic acids is 2. The number of nitrogens with one attached hydrogen (secondary N) is 2. The number of piperidine rings is 1.